The van der Waals surface area contributed by atoms with Gasteiger partial charge in [0.2, 0.25) is 5.91 Å². The van der Waals surface area contributed by atoms with Crippen LogP contribution in [-0.4, -0.2) is 42.5 Å². The Morgan fingerprint density at radius 1 is 1.35 bits per heavy atom. The largest absolute Gasteiger partial charge is 0.337 e. The van der Waals surface area contributed by atoms with Crippen LogP contribution in [0.2, 0.25) is 0 Å². The van der Waals surface area contributed by atoms with Crippen LogP contribution < -0.4 is 11.1 Å². The van der Waals surface area contributed by atoms with Crippen LogP contribution in [0.3, 0.4) is 0 Å². The minimum Gasteiger partial charge on any atom is -0.337 e. The molecular weight excluding hydrogens is 252 g/mol. The van der Waals surface area contributed by atoms with E-state index in [0.717, 1.165) is 51.6 Å². The third kappa shape index (κ3) is 3.94. The van der Waals surface area contributed by atoms with E-state index in [0.29, 0.717) is 19.0 Å². The van der Waals surface area contributed by atoms with Crippen LogP contribution in [0.15, 0.2) is 0 Å². The first kappa shape index (κ1) is 15.3. The van der Waals surface area contributed by atoms with Crippen LogP contribution in [0.25, 0.3) is 0 Å². The number of amides is 1. The zero-order valence-electron chi connectivity index (χ0n) is 12.2. The lowest BCUT2D eigenvalue weighted by Gasteiger charge is -2.34. The van der Waals surface area contributed by atoms with E-state index in [9.17, 15) is 10.1 Å². The van der Waals surface area contributed by atoms with E-state index in [1.54, 1.807) is 0 Å². The molecule has 2 fully saturated rings. The fourth-order valence-electron chi connectivity index (χ4n) is 3.42. The monoisotopic (exact) mass is 278 g/mol. The number of nitrogens with two attached hydrogens (primary N) is 1. The zero-order valence-corrected chi connectivity index (χ0v) is 12.2. The molecule has 1 unspecified atom stereocenters. The van der Waals surface area contributed by atoms with Crippen LogP contribution in [0, 0.1) is 17.2 Å². The number of nitrogens with one attached hydrogen (secondary N) is 1. The van der Waals surface area contributed by atoms with E-state index >= 15 is 0 Å². The van der Waals surface area contributed by atoms with Crippen LogP contribution >= 0.6 is 0 Å². The van der Waals surface area contributed by atoms with Gasteiger partial charge in [-0.05, 0) is 44.7 Å². The normalized spacial score (nSPS) is 26.7. The number of rotatable bonds is 4. The highest BCUT2D eigenvalue weighted by Crippen LogP contribution is 2.27. The van der Waals surface area contributed by atoms with E-state index in [-0.39, 0.29) is 5.91 Å². The van der Waals surface area contributed by atoms with Crippen molar-refractivity contribution in [2.75, 3.05) is 26.2 Å². The topological polar surface area (TPSA) is 82.2 Å². The summed E-state index contributed by atoms with van der Waals surface area (Å²) in [4.78, 5) is 14.4. The molecule has 1 saturated heterocycles. The maximum Gasteiger partial charge on any atom is 0.235 e. The number of nitriles is 1. The predicted molar refractivity (Wildman–Crippen MR) is 77.8 cm³/mol. The van der Waals surface area contributed by atoms with Crippen molar-refractivity contribution in [3.63, 3.8) is 0 Å². The first-order chi connectivity index (χ1) is 9.67. The van der Waals surface area contributed by atoms with E-state index in [1.165, 1.54) is 6.42 Å². The number of piperidine rings is 1. The quantitative estimate of drug-likeness (QED) is 0.803. The summed E-state index contributed by atoms with van der Waals surface area (Å²) in [6.07, 6.45) is 7.10. The van der Waals surface area contributed by atoms with Crippen LogP contribution in [0.4, 0.5) is 0 Å². The predicted octanol–water partition coefficient (Wildman–Crippen LogP) is 1.000. The lowest BCUT2D eigenvalue weighted by atomic mass is 9.83. The second-order valence-electron chi connectivity index (χ2n) is 6.28. The molecule has 20 heavy (non-hydrogen) atoms. The maximum atomic E-state index is 12.2. The molecule has 0 spiro atoms. The zero-order chi connectivity index (χ0) is 14.4. The SMILES string of the molecule is N#CC1(NC(=O)CN2CCCC(CN)C2)CCCCC1. The van der Waals surface area contributed by atoms with Crippen molar-refractivity contribution in [1.82, 2.24) is 10.2 Å². The van der Waals surface area contributed by atoms with Crippen molar-refractivity contribution in [1.29, 1.82) is 5.26 Å². The number of hydrogen-bond donors (Lipinski definition) is 2. The second kappa shape index (κ2) is 7.05. The van der Waals surface area contributed by atoms with Gasteiger partial charge in [0.15, 0.2) is 0 Å². The molecule has 112 valence electrons. The molecular formula is C15H26N4O. The molecule has 3 N–H and O–H groups in total. The minimum absolute atomic E-state index is 0.00822. The molecule has 1 aliphatic carbocycles. The summed E-state index contributed by atoms with van der Waals surface area (Å²) >= 11 is 0. The molecule has 0 aromatic rings. The summed E-state index contributed by atoms with van der Waals surface area (Å²) < 4.78 is 0. The highest BCUT2D eigenvalue weighted by molar-refractivity contribution is 5.79. The molecule has 5 heteroatoms. The molecule has 0 radical (unpaired) electrons. The van der Waals surface area contributed by atoms with Gasteiger partial charge in [-0.1, -0.05) is 19.3 Å². The Kier molecular flexibility index (Phi) is 5.38. The van der Waals surface area contributed by atoms with Gasteiger partial charge < -0.3 is 11.1 Å². The average molecular weight is 278 g/mol. The smallest absolute Gasteiger partial charge is 0.235 e. The Hall–Kier alpha value is -1.12. The lowest BCUT2D eigenvalue weighted by Crippen LogP contribution is -2.52. The van der Waals surface area contributed by atoms with Gasteiger partial charge >= 0.3 is 0 Å². The summed E-state index contributed by atoms with van der Waals surface area (Å²) in [7, 11) is 0. The van der Waals surface area contributed by atoms with Crippen molar-refractivity contribution in [3.05, 3.63) is 0 Å². The van der Waals surface area contributed by atoms with Gasteiger partial charge in [-0.15, -0.1) is 0 Å². The fourth-order valence-corrected chi connectivity index (χ4v) is 3.42. The van der Waals surface area contributed by atoms with Gasteiger partial charge in [0.1, 0.15) is 5.54 Å². The third-order valence-electron chi connectivity index (χ3n) is 4.60. The molecule has 1 amide bonds. The average Bonchev–Trinajstić information content (AvgIpc) is 2.48. The van der Waals surface area contributed by atoms with E-state index in [1.807, 2.05) is 0 Å². The van der Waals surface area contributed by atoms with Crippen molar-refractivity contribution < 1.29 is 4.79 Å². The Bertz CT molecular complexity index is 371. The number of likely N-dealkylation sites (tertiary alicyclic amines) is 1. The van der Waals surface area contributed by atoms with E-state index in [4.69, 9.17) is 5.73 Å². The number of carbonyl (C=O) groups excluding carboxylic acids is 1. The first-order valence-corrected chi connectivity index (χ1v) is 7.82. The van der Waals surface area contributed by atoms with E-state index < -0.39 is 5.54 Å². The first-order valence-electron chi connectivity index (χ1n) is 7.82. The Morgan fingerprint density at radius 2 is 2.10 bits per heavy atom. The maximum absolute atomic E-state index is 12.2. The van der Waals surface area contributed by atoms with Gasteiger partial charge in [-0.3, -0.25) is 9.69 Å². The summed E-state index contributed by atoms with van der Waals surface area (Å²) in [5.41, 5.74) is 5.11. The van der Waals surface area contributed by atoms with Gasteiger partial charge in [-0.2, -0.15) is 5.26 Å². The molecule has 0 aromatic carbocycles. The van der Waals surface area contributed by atoms with Crippen LogP contribution in [0.1, 0.15) is 44.9 Å². The molecule has 1 aliphatic heterocycles. The summed E-state index contributed by atoms with van der Waals surface area (Å²) in [5, 5.41) is 12.4. The van der Waals surface area contributed by atoms with Gasteiger partial charge in [0.25, 0.3) is 0 Å². The number of hydrogen-bond acceptors (Lipinski definition) is 4. The summed E-state index contributed by atoms with van der Waals surface area (Å²) in [5.74, 6) is 0.502. The van der Waals surface area contributed by atoms with Crippen LogP contribution in [-0.2, 0) is 4.79 Å². The van der Waals surface area contributed by atoms with Crippen molar-refractivity contribution in [3.8, 4) is 6.07 Å². The van der Waals surface area contributed by atoms with Crippen molar-refractivity contribution in [2.24, 2.45) is 11.7 Å². The lowest BCUT2D eigenvalue weighted by molar-refractivity contribution is -0.124. The highest BCUT2D eigenvalue weighted by atomic mass is 16.2. The molecule has 2 aliphatic rings. The number of nitrogens with zero attached hydrogens (tertiary/aromatic N) is 2. The minimum atomic E-state index is -0.613. The Labute approximate surface area is 121 Å². The van der Waals surface area contributed by atoms with Crippen molar-refractivity contribution >= 4 is 5.91 Å². The molecule has 5 nitrogen and oxygen atoms in total. The summed E-state index contributed by atoms with van der Waals surface area (Å²) in [6, 6.07) is 2.34. The van der Waals surface area contributed by atoms with Crippen molar-refractivity contribution in [2.45, 2.75) is 50.5 Å². The molecule has 1 saturated carbocycles. The highest BCUT2D eigenvalue weighted by Gasteiger charge is 2.34. The van der Waals surface area contributed by atoms with Gasteiger partial charge in [0, 0.05) is 6.54 Å². The molecule has 0 bridgehead atoms. The summed E-state index contributed by atoms with van der Waals surface area (Å²) in [6.45, 7) is 2.97. The fraction of sp³-hybridized carbons (Fsp3) is 0.867. The Morgan fingerprint density at radius 3 is 2.75 bits per heavy atom. The molecule has 0 aromatic heterocycles. The second-order valence-corrected chi connectivity index (χ2v) is 6.28. The van der Waals surface area contributed by atoms with Gasteiger partial charge in [-0.25, -0.2) is 0 Å². The molecule has 1 atom stereocenters. The number of carbonyl (C=O) groups is 1. The van der Waals surface area contributed by atoms with Crippen LogP contribution in [0.5, 0.6) is 0 Å². The standard InChI is InChI=1S/C15H26N4O/c16-9-13-5-4-8-19(10-13)11-14(20)18-15(12-17)6-2-1-3-7-15/h13H,1-11,16H2,(H,18,20). The van der Waals surface area contributed by atoms with E-state index in [2.05, 4.69) is 16.3 Å². The van der Waals surface area contributed by atoms with Gasteiger partial charge in [0.05, 0.1) is 12.6 Å². The Balaban J connectivity index is 1.83. The molecule has 2 rings (SSSR count). The molecule has 1 heterocycles. The third-order valence-corrected chi connectivity index (χ3v) is 4.60.